The van der Waals surface area contributed by atoms with E-state index in [1.807, 2.05) is 13.8 Å². The van der Waals surface area contributed by atoms with Crippen LogP contribution in [0.1, 0.15) is 52.5 Å². The van der Waals surface area contributed by atoms with Crippen molar-refractivity contribution in [2.75, 3.05) is 29.8 Å². The Morgan fingerprint density at radius 2 is 1.85 bits per heavy atom. The molecule has 5 rings (SSSR count). The molecular weight excluding hydrogens is 557 g/mol. The molecule has 2 aliphatic rings. The van der Waals surface area contributed by atoms with Crippen molar-refractivity contribution in [1.29, 1.82) is 0 Å². The molecule has 0 radical (unpaired) electrons. The Morgan fingerprint density at radius 3 is 2.48 bits per heavy atom. The predicted molar refractivity (Wildman–Crippen MR) is 157 cm³/mol. The van der Waals surface area contributed by atoms with Crippen LogP contribution in [-0.4, -0.2) is 55.8 Å². The van der Waals surface area contributed by atoms with Gasteiger partial charge in [0.15, 0.2) is 0 Å². The third kappa shape index (κ3) is 5.10. The molecule has 1 spiro atoms. The van der Waals surface area contributed by atoms with Crippen molar-refractivity contribution in [1.82, 2.24) is 15.3 Å². The molecule has 1 aliphatic heterocycles. The summed E-state index contributed by atoms with van der Waals surface area (Å²) in [5, 5.41) is 3.25. The second kappa shape index (κ2) is 11.1. The summed E-state index contributed by atoms with van der Waals surface area (Å²) in [5.74, 6) is -0.369. The Bertz CT molecular complexity index is 1560. The number of carbonyl (C=O) groups is 1. The number of nitrogens with zero attached hydrogens (tertiary/aromatic N) is 3. The Kier molecular flexibility index (Phi) is 8.31. The van der Waals surface area contributed by atoms with Gasteiger partial charge in [0.25, 0.3) is 0 Å². The molecule has 1 saturated carbocycles. The van der Waals surface area contributed by atoms with Crippen molar-refractivity contribution in [3.05, 3.63) is 42.0 Å². The summed E-state index contributed by atoms with van der Waals surface area (Å²) in [6, 6.07) is 4.87. The molecule has 3 heterocycles. The van der Waals surface area contributed by atoms with Crippen LogP contribution in [0.5, 0.6) is 5.88 Å². The molecule has 1 aromatic carbocycles. The number of benzene rings is 1. The quantitative estimate of drug-likeness (QED) is 0.344. The number of hydrogen-bond donors (Lipinski definition) is 2. The van der Waals surface area contributed by atoms with Gasteiger partial charge < -0.3 is 15.0 Å². The molecule has 1 aliphatic carbocycles. The monoisotopic (exact) mass is 591 g/mol. The fourth-order valence-corrected chi connectivity index (χ4v) is 5.96. The minimum Gasteiger partial charge on any atom is -0.475 e. The number of halogens is 2. The van der Waals surface area contributed by atoms with Crippen LogP contribution in [-0.2, 0) is 20.2 Å². The first-order chi connectivity index (χ1) is 18.4. The number of aromatic nitrogens is 2. The van der Waals surface area contributed by atoms with Crippen molar-refractivity contribution in [3.63, 3.8) is 0 Å². The molecule has 40 heavy (non-hydrogen) atoms. The van der Waals surface area contributed by atoms with Gasteiger partial charge in [0.2, 0.25) is 21.8 Å². The summed E-state index contributed by atoms with van der Waals surface area (Å²) in [6.45, 7) is 7.98. The number of nitrogens with one attached hydrogen (secondary N) is 2. The van der Waals surface area contributed by atoms with Crippen LogP contribution in [0.15, 0.2) is 30.6 Å². The van der Waals surface area contributed by atoms with E-state index in [2.05, 4.69) is 20.0 Å². The number of hydrogen-bond acceptors (Lipinski definition) is 7. The number of likely N-dealkylation sites (N-methyl/N-ethyl adjacent to an activating group) is 1. The average molecular weight is 592 g/mol. The number of ether oxygens (including phenoxy) is 1. The lowest BCUT2D eigenvalue weighted by Gasteiger charge is -2.37. The second-order valence-electron chi connectivity index (χ2n) is 10.9. The lowest BCUT2D eigenvalue weighted by molar-refractivity contribution is -0.125. The maximum Gasteiger partial charge on any atom is 0.238 e. The van der Waals surface area contributed by atoms with E-state index in [4.69, 9.17) is 4.74 Å². The van der Waals surface area contributed by atoms with Gasteiger partial charge in [-0.15, -0.1) is 12.4 Å². The lowest BCUT2D eigenvalue weighted by Crippen LogP contribution is -2.43. The number of fused-ring (bicyclic) bond motifs is 4. The maximum absolute atomic E-state index is 15.5. The number of amides is 1. The van der Waals surface area contributed by atoms with E-state index in [0.717, 1.165) is 30.5 Å². The van der Waals surface area contributed by atoms with Crippen LogP contribution in [0.2, 0.25) is 0 Å². The third-order valence-corrected chi connectivity index (χ3v) is 9.37. The number of pyridine rings is 2. The highest BCUT2D eigenvalue weighted by atomic mass is 35.5. The predicted octanol–water partition coefficient (Wildman–Crippen LogP) is 4.78. The highest BCUT2D eigenvalue weighted by molar-refractivity contribution is 7.93. The summed E-state index contributed by atoms with van der Waals surface area (Å²) in [6.07, 6.45) is 5.55. The van der Waals surface area contributed by atoms with Crippen molar-refractivity contribution >= 4 is 50.6 Å². The van der Waals surface area contributed by atoms with E-state index in [0.29, 0.717) is 23.0 Å². The van der Waals surface area contributed by atoms with E-state index in [1.165, 1.54) is 18.3 Å². The zero-order chi connectivity index (χ0) is 28.1. The Morgan fingerprint density at radius 1 is 1.12 bits per heavy atom. The molecule has 2 N–H and O–H groups in total. The summed E-state index contributed by atoms with van der Waals surface area (Å²) in [7, 11) is -1.98. The summed E-state index contributed by atoms with van der Waals surface area (Å²) in [4.78, 5) is 23.6. The van der Waals surface area contributed by atoms with Crippen LogP contribution in [0.25, 0.3) is 22.0 Å². The van der Waals surface area contributed by atoms with Crippen LogP contribution in [0.3, 0.4) is 0 Å². The standard InChI is InChI=1S/C28H34FN5O4S.ClH/c1-16(2)30-9-10-38-26-23(33-39(36,37)17(3)4)11-18(14-32-26)19-12-20-22(13-21(19)29)31-15-24-25(20)28(7-6-8-28)27(35)34(24)5;/h11-17,30,33H,6-10H2,1-5H3;1H. The van der Waals surface area contributed by atoms with Gasteiger partial charge in [-0.2, -0.15) is 0 Å². The van der Waals surface area contributed by atoms with Crippen molar-refractivity contribution < 1.29 is 22.3 Å². The van der Waals surface area contributed by atoms with E-state index >= 15 is 4.39 Å². The Hall–Kier alpha value is -3.02. The molecule has 3 aromatic rings. The first-order valence-corrected chi connectivity index (χ1v) is 14.8. The summed E-state index contributed by atoms with van der Waals surface area (Å²) in [5.41, 5.74) is 2.24. The zero-order valence-corrected chi connectivity index (χ0v) is 24.9. The molecule has 1 amide bonds. The second-order valence-corrected chi connectivity index (χ2v) is 13.1. The highest BCUT2D eigenvalue weighted by Gasteiger charge is 2.54. The van der Waals surface area contributed by atoms with E-state index in [1.54, 1.807) is 38.1 Å². The lowest BCUT2D eigenvalue weighted by atomic mass is 9.64. The van der Waals surface area contributed by atoms with E-state index in [-0.39, 0.29) is 48.1 Å². The first kappa shape index (κ1) is 30.0. The topological polar surface area (TPSA) is 114 Å². The van der Waals surface area contributed by atoms with Gasteiger partial charge in [-0.05, 0) is 38.8 Å². The van der Waals surface area contributed by atoms with Gasteiger partial charge in [-0.25, -0.2) is 17.8 Å². The number of sulfonamides is 1. The van der Waals surface area contributed by atoms with Crippen LogP contribution >= 0.6 is 12.4 Å². The number of anilines is 2. The fraction of sp³-hybridized carbons (Fsp3) is 0.464. The normalized spacial score (nSPS) is 15.9. The Balaban J connectivity index is 0.00000370. The molecule has 216 valence electrons. The van der Waals surface area contributed by atoms with Crippen molar-refractivity contribution in [2.45, 2.75) is 63.7 Å². The van der Waals surface area contributed by atoms with Gasteiger partial charge in [-0.3, -0.25) is 14.5 Å². The van der Waals surface area contributed by atoms with Gasteiger partial charge in [0.05, 0.1) is 28.1 Å². The molecule has 0 saturated heterocycles. The van der Waals surface area contributed by atoms with E-state index in [9.17, 15) is 13.2 Å². The first-order valence-electron chi connectivity index (χ1n) is 13.2. The minimum absolute atomic E-state index is 0. The molecule has 1 fully saturated rings. The molecule has 2 aromatic heterocycles. The minimum atomic E-state index is -3.73. The third-order valence-electron chi connectivity index (χ3n) is 7.63. The maximum atomic E-state index is 15.5. The summed E-state index contributed by atoms with van der Waals surface area (Å²) >= 11 is 0. The molecule has 12 heteroatoms. The van der Waals surface area contributed by atoms with Crippen molar-refractivity contribution in [2.24, 2.45) is 0 Å². The van der Waals surface area contributed by atoms with Crippen molar-refractivity contribution in [3.8, 4) is 17.0 Å². The molecule has 0 bridgehead atoms. The molecule has 0 atom stereocenters. The number of carbonyl (C=O) groups excluding carboxylic acids is 1. The van der Waals surface area contributed by atoms with Gasteiger partial charge in [0.1, 0.15) is 18.1 Å². The zero-order valence-electron chi connectivity index (χ0n) is 23.2. The largest absolute Gasteiger partial charge is 0.475 e. The van der Waals surface area contributed by atoms with E-state index < -0.39 is 26.5 Å². The van der Waals surface area contributed by atoms with Crippen LogP contribution < -0.4 is 19.7 Å². The molecular formula is C28H35ClFN5O4S. The number of rotatable bonds is 9. The average Bonchev–Trinajstić information content (AvgIpc) is 3.08. The Labute approximate surface area is 240 Å². The fourth-order valence-electron chi connectivity index (χ4n) is 5.27. The molecule has 0 unspecified atom stereocenters. The van der Waals surface area contributed by atoms with Gasteiger partial charge in [0, 0.05) is 54.0 Å². The van der Waals surface area contributed by atoms with Crippen LogP contribution in [0, 0.1) is 5.82 Å². The molecule has 9 nitrogen and oxygen atoms in total. The van der Waals surface area contributed by atoms with Gasteiger partial charge in [-0.1, -0.05) is 20.3 Å². The van der Waals surface area contributed by atoms with Crippen LogP contribution in [0.4, 0.5) is 15.8 Å². The SMILES string of the molecule is CC(C)NCCOc1ncc(-c2cc3c4c(cnc3cc2F)N(C)C(=O)C42CCC2)cc1NS(=O)(=O)C(C)C.Cl. The smallest absolute Gasteiger partial charge is 0.238 e. The van der Waals surface area contributed by atoms with Gasteiger partial charge >= 0.3 is 0 Å². The summed E-state index contributed by atoms with van der Waals surface area (Å²) < 4.78 is 49.3. The highest BCUT2D eigenvalue weighted by Crippen LogP contribution is 2.55.